The van der Waals surface area contributed by atoms with Crippen LogP contribution in [0, 0.1) is 10.1 Å². The van der Waals surface area contributed by atoms with Crippen LogP contribution in [0.25, 0.3) is 10.8 Å². The van der Waals surface area contributed by atoms with Crippen molar-refractivity contribution >= 4 is 51.8 Å². The standard InChI is InChI=1S/C20H18N2O5S2/c1-2-27-19(23)12-28-18-11-17(15-5-3-4-6-16(15)20(18)24)21-29-14-9-7-13(8-10-14)22(25)26/h3-11,21,24H,2,12H2,1H3. The van der Waals surface area contributed by atoms with E-state index in [9.17, 15) is 20.0 Å². The zero-order valence-corrected chi connectivity index (χ0v) is 17.1. The summed E-state index contributed by atoms with van der Waals surface area (Å²) in [4.78, 5) is 23.4. The van der Waals surface area contributed by atoms with E-state index in [1.54, 1.807) is 31.2 Å². The van der Waals surface area contributed by atoms with E-state index < -0.39 is 4.92 Å². The molecule has 0 spiro atoms. The van der Waals surface area contributed by atoms with E-state index in [1.807, 2.05) is 18.2 Å². The van der Waals surface area contributed by atoms with Crippen molar-refractivity contribution < 1.29 is 19.6 Å². The fourth-order valence-electron chi connectivity index (χ4n) is 2.62. The highest BCUT2D eigenvalue weighted by atomic mass is 32.2. The molecule has 7 nitrogen and oxygen atoms in total. The molecule has 3 rings (SSSR count). The van der Waals surface area contributed by atoms with Crippen LogP contribution >= 0.6 is 23.7 Å². The summed E-state index contributed by atoms with van der Waals surface area (Å²) >= 11 is 2.50. The fraction of sp³-hybridized carbons (Fsp3) is 0.150. The lowest BCUT2D eigenvalue weighted by atomic mass is 10.1. The molecule has 0 heterocycles. The van der Waals surface area contributed by atoms with E-state index in [4.69, 9.17) is 4.74 Å². The van der Waals surface area contributed by atoms with Gasteiger partial charge in [-0.3, -0.25) is 14.9 Å². The molecule has 0 saturated heterocycles. The number of phenolic OH excluding ortho intramolecular Hbond substituents is 1. The van der Waals surface area contributed by atoms with E-state index in [-0.39, 0.29) is 23.2 Å². The number of anilines is 1. The molecule has 0 fully saturated rings. The van der Waals surface area contributed by atoms with Crippen molar-refractivity contribution in [2.45, 2.75) is 16.7 Å². The number of benzene rings is 3. The molecule has 0 atom stereocenters. The summed E-state index contributed by atoms with van der Waals surface area (Å²) in [7, 11) is 0. The Bertz CT molecular complexity index is 1040. The average Bonchev–Trinajstić information content (AvgIpc) is 2.73. The van der Waals surface area contributed by atoms with E-state index in [0.717, 1.165) is 16.0 Å². The molecule has 0 saturated carbocycles. The predicted octanol–water partition coefficient (Wildman–Crippen LogP) is 5.23. The monoisotopic (exact) mass is 430 g/mol. The number of phenols is 1. The second-order valence-corrected chi connectivity index (χ2v) is 7.76. The molecule has 0 aliphatic heterocycles. The maximum Gasteiger partial charge on any atom is 0.316 e. The number of nitro benzene ring substituents is 1. The van der Waals surface area contributed by atoms with E-state index in [2.05, 4.69) is 4.72 Å². The summed E-state index contributed by atoms with van der Waals surface area (Å²) < 4.78 is 8.18. The Hall–Kier alpha value is -2.91. The lowest BCUT2D eigenvalue weighted by Crippen LogP contribution is -2.06. The maximum atomic E-state index is 11.7. The molecule has 2 N–H and O–H groups in total. The number of fused-ring (bicyclic) bond motifs is 1. The Kier molecular flexibility index (Phi) is 6.84. The molecule has 0 aliphatic carbocycles. The third-order valence-electron chi connectivity index (χ3n) is 3.96. The molecule has 0 unspecified atom stereocenters. The molecule has 3 aromatic carbocycles. The number of nitrogens with one attached hydrogen (secondary N) is 1. The molecule has 0 bridgehead atoms. The van der Waals surface area contributed by atoms with Crippen LogP contribution in [-0.2, 0) is 9.53 Å². The summed E-state index contributed by atoms with van der Waals surface area (Å²) in [6, 6.07) is 15.4. The SMILES string of the molecule is CCOC(=O)CSc1cc(NSc2ccc([N+](=O)[O-])cc2)c2ccccc2c1O. The van der Waals surface area contributed by atoms with Gasteiger partial charge in [0.1, 0.15) is 5.75 Å². The summed E-state index contributed by atoms with van der Waals surface area (Å²) in [5.41, 5.74) is 0.787. The van der Waals surface area contributed by atoms with Gasteiger partial charge < -0.3 is 14.6 Å². The third-order valence-corrected chi connectivity index (χ3v) is 5.79. The normalized spacial score (nSPS) is 10.7. The first kappa shape index (κ1) is 20.8. The van der Waals surface area contributed by atoms with Crippen LogP contribution in [0.2, 0.25) is 0 Å². The number of hydrogen-bond donors (Lipinski definition) is 2. The van der Waals surface area contributed by atoms with Gasteiger partial charge in [0, 0.05) is 27.8 Å². The molecule has 0 aromatic heterocycles. The van der Waals surface area contributed by atoms with Crippen LogP contribution in [-0.4, -0.2) is 28.4 Å². The Labute approximate surface area is 175 Å². The maximum absolute atomic E-state index is 11.7. The number of non-ortho nitro benzene ring substituents is 1. The Morgan fingerprint density at radius 2 is 1.86 bits per heavy atom. The summed E-state index contributed by atoms with van der Waals surface area (Å²) in [5, 5.41) is 22.9. The van der Waals surface area contributed by atoms with Crippen LogP contribution in [0.15, 0.2) is 64.4 Å². The predicted molar refractivity (Wildman–Crippen MR) is 116 cm³/mol. The molecule has 3 aromatic rings. The van der Waals surface area contributed by atoms with Gasteiger partial charge in [0.25, 0.3) is 5.69 Å². The second-order valence-electron chi connectivity index (χ2n) is 5.87. The fourth-order valence-corrected chi connectivity index (χ4v) is 4.09. The van der Waals surface area contributed by atoms with Gasteiger partial charge in [-0.2, -0.15) is 0 Å². The molecule has 0 aliphatic rings. The lowest BCUT2D eigenvalue weighted by molar-refractivity contribution is -0.384. The molecule has 0 radical (unpaired) electrons. The van der Waals surface area contributed by atoms with Crippen molar-refractivity contribution in [2.75, 3.05) is 17.1 Å². The highest BCUT2D eigenvalue weighted by Crippen LogP contribution is 2.41. The average molecular weight is 431 g/mol. The van der Waals surface area contributed by atoms with Crippen LogP contribution in [0.3, 0.4) is 0 Å². The van der Waals surface area contributed by atoms with Gasteiger partial charge in [-0.1, -0.05) is 24.3 Å². The number of rotatable bonds is 8. The first-order chi connectivity index (χ1) is 14.0. The van der Waals surface area contributed by atoms with Crippen LogP contribution < -0.4 is 4.72 Å². The molecule has 0 amide bonds. The zero-order chi connectivity index (χ0) is 20.8. The van der Waals surface area contributed by atoms with Crippen LogP contribution in [0.4, 0.5) is 11.4 Å². The topological polar surface area (TPSA) is 102 Å². The zero-order valence-electron chi connectivity index (χ0n) is 15.5. The molecule has 9 heteroatoms. The number of aromatic hydroxyl groups is 1. The summed E-state index contributed by atoms with van der Waals surface area (Å²) in [5.74, 6) is -0.144. The quantitative estimate of drug-likeness (QED) is 0.125. The van der Waals surface area contributed by atoms with Gasteiger partial charge in [-0.25, -0.2) is 0 Å². The van der Waals surface area contributed by atoms with Gasteiger partial charge in [-0.05, 0) is 37.1 Å². The number of thioether (sulfide) groups is 1. The number of hydrogen-bond acceptors (Lipinski definition) is 8. The Balaban J connectivity index is 1.84. The van der Waals surface area contributed by atoms with Crippen molar-refractivity contribution in [3.8, 4) is 5.75 Å². The second kappa shape index (κ2) is 9.53. The minimum Gasteiger partial charge on any atom is -0.506 e. The van der Waals surface area contributed by atoms with Crippen LogP contribution in [0.5, 0.6) is 5.75 Å². The molecular formula is C20H18N2O5S2. The number of ether oxygens (including phenoxy) is 1. The number of esters is 1. The number of nitro groups is 1. The van der Waals surface area contributed by atoms with E-state index in [1.165, 1.54) is 35.8 Å². The van der Waals surface area contributed by atoms with Gasteiger partial charge in [-0.15, -0.1) is 11.8 Å². The summed E-state index contributed by atoms with van der Waals surface area (Å²) in [6.07, 6.45) is 0. The molecule has 29 heavy (non-hydrogen) atoms. The van der Waals surface area contributed by atoms with Gasteiger partial charge >= 0.3 is 5.97 Å². The van der Waals surface area contributed by atoms with E-state index >= 15 is 0 Å². The number of carbonyl (C=O) groups is 1. The number of carbonyl (C=O) groups excluding carboxylic acids is 1. The minimum absolute atomic E-state index is 0.0297. The van der Waals surface area contributed by atoms with Gasteiger partial charge in [0.2, 0.25) is 0 Å². The van der Waals surface area contributed by atoms with Crippen molar-refractivity contribution in [1.29, 1.82) is 0 Å². The van der Waals surface area contributed by atoms with Gasteiger partial charge in [0.15, 0.2) is 0 Å². The smallest absolute Gasteiger partial charge is 0.316 e. The first-order valence-electron chi connectivity index (χ1n) is 8.70. The first-order valence-corrected chi connectivity index (χ1v) is 10.5. The van der Waals surface area contributed by atoms with Crippen molar-refractivity contribution in [2.24, 2.45) is 0 Å². The van der Waals surface area contributed by atoms with Crippen LogP contribution in [0.1, 0.15) is 6.92 Å². The van der Waals surface area contributed by atoms with Crippen molar-refractivity contribution in [3.05, 3.63) is 64.7 Å². The summed E-state index contributed by atoms with van der Waals surface area (Å²) in [6.45, 7) is 2.05. The Morgan fingerprint density at radius 3 is 2.52 bits per heavy atom. The van der Waals surface area contributed by atoms with E-state index in [0.29, 0.717) is 16.9 Å². The number of nitrogens with zero attached hydrogens (tertiary/aromatic N) is 1. The van der Waals surface area contributed by atoms with Crippen molar-refractivity contribution in [3.63, 3.8) is 0 Å². The largest absolute Gasteiger partial charge is 0.506 e. The Morgan fingerprint density at radius 1 is 1.17 bits per heavy atom. The third kappa shape index (κ3) is 5.12. The highest BCUT2D eigenvalue weighted by molar-refractivity contribution is 8.00. The molecule has 150 valence electrons. The van der Waals surface area contributed by atoms with Crippen molar-refractivity contribution in [1.82, 2.24) is 0 Å². The van der Waals surface area contributed by atoms with Gasteiger partial charge in [0.05, 0.1) is 27.9 Å². The molecular weight excluding hydrogens is 412 g/mol. The lowest BCUT2D eigenvalue weighted by Gasteiger charge is -2.14. The minimum atomic E-state index is -0.442. The highest BCUT2D eigenvalue weighted by Gasteiger charge is 2.14.